The Kier molecular flexibility index (Phi) is 5.04. The van der Waals surface area contributed by atoms with Gasteiger partial charge in [0.15, 0.2) is 24.0 Å². The summed E-state index contributed by atoms with van der Waals surface area (Å²) in [5.74, 6) is -1.90. The standard InChI is InChI=1S/C18H16F2N4O2/c1-24(10-17(25)21-11-6-7-13(19)14(20)8-11)9-16-22-15-5-3-2-4-12(15)18(26)23-16/h2-8H,9-10H2,1H3,(H,21,25)(H,22,23,26)/p+1. The molecule has 1 atom stereocenters. The van der Waals surface area contributed by atoms with Crippen molar-refractivity contribution >= 4 is 22.5 Å². The number of halogens is 2. The number of quaternary nitrogens is 1. The Balaban J connectivity index is 1.64. The molecule has 26 heavy (non-hydrogen) atoms. The van der Waals surface area contributed by atoms with Gasteiger partial charge in [0.1, 0.15) is 6.54 Å². The van der Waals surface area contributed by atoms with Gasteiger partial charge < -0.3 is 15.2 Å². The molecule has 8 heteroatoms. The number of carbonyl (C=O) groups excluding carboxylic acids is 1. The van der Waals surface area contributed by atoms with E-state index in [9.17, 15) is 18.4 Å². The van der Waals surface area contributed by atoms with Crippen LogP contribution in [0.15, 0.2) is 47.3 Å². The van der Waals surface area contributed by atoms with Crippen LogP contribution >= 0.6 is 0 Å². The first-order valence-electron chi connectivity index (χ1n) is 7.96. The zero-order chi connectivity index (χ0) is 18.7. The Morgan fingerprint density at radius 3 is 2.73 bits per heavy atom. The van der Waals surface area contributed by atoms with Gasteiger partial charge in [-0.15, -0.1) is 0 Å². The second-order valence-corrected chi connectivity index (χ2v) is 6.02. The van der Waals surface area contributed by atoms with Gasteiger partial charge in [0.25, 0.3) is 11.5 Å². The molecule has 6 nitrogen and oxygen atoms in total. The maximum Gasteiger partial charge on any atom is 0.279 e. The predicted octanol–water partition coefficient (Wildman–Crippen LogP) is 0.855. The number of rotatable bonds is 5. The second kappa shape index (κ2) is 7.40. The van der Waals surface area contributed by atoms with E-state index in [4.69, 9.17) is 0 Å². The molecule has 0 aliphatic heterocycles. The van der Waals surface area contributed by atoms with Crippen molar-refractivity contribution < 1.29 is 18.5 Å². The van der Waals surface area contributed by atoms with E-state index in [-0.39, 0.29) is 23.7 Å². The number of nitrogens with zero attached hydrogens (tertiary/aromatic N) is 1. The number of likely N-dealkylation sites (N-methyl/N-ethyl adjacent to an activating group) is 1. The van der Waals surface area contributed by atoms with Crippen LogP contribution in [-0.4, -0.2) is 29.5 Å². The summed E-state index contributed by atoms with van der Waals surface area (Å²) in [4.78, 5) is 32.0. The van der Waals surface area contributed by atoms with Gasteiger partial charge in [-0.25, -0.2) is 13.8 Å². The summed E-state index contributed by atoms with van der Waals surface area (Å²) < 4.78 is 26.1. The molecule has 1 aromatic heterocycles. The molecular formula is C18H17F2N4O2+. The van der Waals surface area contributed by atoms with Crippen LogP contribution < -0.4 is 15.8 Å². The lowest BCUT2D eigenvalue weighted by Gasteiger charge is -2.13. The van der Waals surface area contributed by atoms with E-state index in [0.29, 0.717) is 23.3 Å². The van der Waals surface area contributed by atoms with Crippen LogP contribution in [0.3, 0.4) is 0 Å². The lowest BCUT2D eigenvalue weighted by Crippen LogP contribution is -3.08. The van der Waals surface area contributed by atoms with Crippen LogP contribution in [0.5, 0.6) is 0 Å². The van der Waals surface area contributed by atoms with Crippen molar-refractivity contribution in [2.24, 2.45) is 0 Å². The molecule has 1 unspecified atom stereocenters. The first-order chi connectivity index (χ1) is 12.4. The zero-order valence-corrected chi connectivity index (χ0v) is 14.0. The first-order valence-corrected chi connectivity index (χ1v) is 7.96. The molecule has 0 aliphatic rings. The van der Waals surface area contributed by atoms with Crippen LogP contribution in [0.4, 0.5) is 14.5 Å². The number of carbonyl (C=O) groups is 1. The van der Waals surface area contributed by atoms with Crippen LogP contribution in [0.2, 0.25) is 0 Å². The van der Waals surface area contributed by atoms with E-state index in [2.05, 4.69) is 15.3 Å². The number of H-pyrrole nitrogens is 1. The Morgan fingerprint density at radius 1 is 1.19 bits per heavy atom. The van der Waals surface area contributed by atoms with Crippen LogP contribution in [-0.2, 0) is 11.3 Å². The van der Waals surface area contributed by atoms with Crippen LogP contribution in [0.1, 0.15) is 5.82 Å². The predicted molar refractivity (Wildman–Crippen MR) is 92.8 cm³/mol. The fourth-order valence-electron chi connectivity index (χ4n) is 2.62. The minimum absolute atomic E-state index is 0.0650. The molecule has 0 saturated carbocycles. The molecule has 134 valence electrons. The van der Waals surface area contributed by atoms with E-state index < -0.39 is 11.6 Å². The number of hydrogen-bond acceptors (Lipinski definition) is 3. The minimum Gasteiger partial charge on any atom is -0.323 e. The van der Waals surface area contributed by atoms with Crippen molar-refractivity contribution in [3.8, 4) is 0 Å². The summed E-state index contributed by atoms with van der Waals surface area (Å²) in [7, 11) is 1.76. The lowest BCUT2D eigenvalue weighted by atomic mass is 10.2. The van der Waals surface area contributed by atoms with E-state index in [0.717, 1.165) is 17.0 Å². The summed E-state index contributed by atoms with van der Waals surface area (Å²) in [5, 5.41) is 3.01. The molecule has 0 spiro atoms. The SMILES string of the molecule is C[NH+](CC(=O)Nc1ccc(F)c(F)c1)Cc1nc2ccccc2c(=O)[nH]1. The molecule has 0 aliphatic carbocycles. The highest BCUT2D eigenvalue weighted by molar-refractivity contribution is 5.91. The summed E-state index contributed by atoms with van der Waals surface area (Å²) in [6, 6.07) is 10.2. The Hall–Kier alpha value is -3.13. The normalized spacial score (nSPS) is 12.1. The number of fused-ring (bicyclic) bond motifs is 1. The number of anilines is 1. The third-order valence-electron chi connectivity index (χ3n) is 3.80. The van der Waals surface area contributed by atoms with Gasteiger partial charge >= 0.3 is 0 Å². The van der Waals surface area contributed by atoms with Crippen LogP contribution in [0.25, 0.3) is 10.9 Å². The third kappa shape index (κ3) is 4.09. The van der Waals surface area contributed by atoms with Crippen molar-refractivity contribution in [3.05, 3.63) is 70.3 Å². The molecule has 0 fully saturated rings. The highest BCUT2D eigenvalue weighted by Crippen LogP contribution is 2.12. The first kappa shape index (κ1) is 17.7. The van der Waals surface area contributed by atoms with E-state index >= 15 is 0 Å². The summed E-state index contributed by atoms with van der Waals surface area (Å²) in [6.07, 6.45) is 0. The van der Waals surface area contributed by atoms with Gasteiger partial charge in [0.2, 0.25) is 0 Å². The maximum absolute atomic E-state index is 13.2. The lowest BCUT2D eigenvalue weighted by molar-refractivity contribution is -0.885. The van der Waals surface area contributed by atoms with Crippen molar-refractivity contribution in [1.29, 1.82) is 0 Å². The Labute approximate surface area is 147 Å². The van der Waals surface area contributed by atoms with E-state index in [1.807, 2.05) is 0 Å². The van der Waals surface area contributed by atoms with Crippen molar-refractivity contribution in [3.63, 3.8) is 0 Å². The van der Waals surface area contributed by atoms with E-state index in [1.165, 1.54) is 6.07 Å². The Bertz CT molecular complexity index is 1020. The molecule has 0 saturated heterocycles. The molecule has 0 radical (unpaired) electrons. The largest absolute Gasteiger partial charge is 0.323 e. The molecule has 1 heterocycles. The van der Waals surface area contributed by atoms with Gasteiger partial charge in [-0.3, -0.25) is 9.59 Å². The number of aromatic amines is 1. The summed E-state index contributed by atoms with van der Waals surface area (Å²) in [5.41, 5.74) is 0.536. The Morgan fingerprint density at radius 2 is 1.96 bits per heavy atom. The van der Waals surface area contributed by atoms with E-state index in [1.54, 1.807) is 31.3 Å². The maximum atomic E-state index is 13.2. The monoisotopic (exact) mass is 359 g/mol. The van der Waals surface area contributed by atoms with Crippen LogP contribution in [0, 0.1) is 11.6 Å². The summed E-state index contributed by atoms with van der Waals surface area (Å²) in [6.45, 7) is 0.390. The average Bonchev–Trinajstić information content (AvgIpc) is 2.58. The number of nitrogens with one attached hydrogen (secondary N) is 3. The second-order valence-electron chi connectivity index (χ2n) is 6.02. The minimum atomic E-state index is -1.03. The number of amides is 1. The molecule has 1 amide bonds. The van der Waals surface area contributed by atoms with Crippen molar-refractivity contribution in [1.82, 2.24) is 9.97 Å². The zero-order valence-electron chi connectivity index (χ0n) is 14.0. The van der Waals surface area contributed by atoms with Crippen molar-refractivity contribution in [2.75, 3.05) is 18.9 Å². The van der Waals surface area contributed by atoms with Crippen molar-refractivity contribution in [2.45, 2.75) is 6.54 Å². The smallest absolute Gasteiger partial charge is 0.279 e. The molecule has 3 N–H and O–H groups in total. The fourth-order valence-corrected chi connectivity index (χ4v) is 2.62. The number of benzene rings is 2. The molecule has 2 aromatic carbocycles. The molecule has 0 bridgehead atoms. The fraction of sp³-hybridized carbons (Fsp3) is 0.167. The highest BCUT2D eigenvalue weighted by atomic mass is 19.2. The average molecular weight is 359 g/mol. The molecule has 3 rings (SSSR count). The van der Waals surface area contributed by atoms with Gasteiger partial charge in [-0.2, -0.15) is 0 Å². The topological polar surface area (TPSA) is 79.3 Å². The van der Waals surface area contributed by atoms with Gasteiger partial charge in [-0.1, -0.05) is 12.1 Å². The number of aromatic nitrogens is 2. The summed E-state index contributed by atoms with van der Waals surface area (Å²) >= 11 is 0. The third-order valence-corrected chi connectivity index (χ3v) is 3.80. The quantitative estimate of drug-likeness (QED) is 0.632. The van der Waals surface area contributed by atoms with Gasteiger partial charge in [0, 0.05) is 11.8 Å². The van der Waals surface area contributed by atoms with Gasteiger partial charge in [-0.05, 0) is 24.3 Å². The number of hydrogen-bond donors (Lipinski definition) is 3. The number of para-hydroxylation sites is 1. The molecule has 3 aromatic rings. The van der Waals surface area contributed by atoms with Gasteiger partial charge in [0.05, 0.1) is 18.0 Å². The molecular weight excluding hydrogens is 342 g/mol. The highest BCUT2D eigenvalue weighted by Gasteiger charge is 2.14.